The van der Waals surface area contributed by atoms with Crippen LogP contribution in [-0.4, -0.2) is 39.5 Å². The number of thioether (sulfide) groups is 1. The highest BCUT2D eigenvalue weighted by molar-refractivity contribution is 7.98. The number of aryl methyl sites for hydroxylation is 2. The highest BCUT2D eigenvalue weighted by atomic mass is 35.5. The lowest BCUT2D eigenvalue weighted by atomic mass is 9.98. The van der Waals surface area contributed by atoms with Crippen molar-refractivity contribution < 1.29 is 14.3 Å². The van der Waals surface area contributed by atoms with Crippen LogP contribution in [0, 0.1) is 6.92 Å². The number of benzene rings is 2. The third-order valence-corrected chi connectivity index (χ3v) is 6.52. The van der Waals surface area contributed by atoms with Gasteiger partial charge >= 0.3 is 0 Å². The van der Waals surface area contributed by atoms with Crippen LogP contribution >= 0.6 is 23.4 Å². The quantitative estimate of drug-likeness (QED) is 0.385. The second kappa shape index (κ2) is 10.4. The smallest absolute Gasteiger partial charge is 0.275 e. The summed E-state index contributed by atoms with van der Waals surface area (Å²) in [5.74, 6) is -0.459. The van der Waals surface area contributed by atoms with Crippen LogP contribution in [0.15, 0.2) is 53.8 Å². The number of primary amides is 1. The fourth-order valence-electron chi connectivity index (χ4n) is 3.93. The van der Waals surface area contributed by atoms with Crippen LogP contribution in [-0.2, 0) is 17.8 Å². The Hall–Kier alpha value is -3.10. The molecule has 2 aromatic carbocycles. The zero-order chi connectivity index (χ0) is 24.2. The molecule has 1 aliphatic rings. The Labute approximate surface area is 207 Å². The van der Waals surface area contributed by atoms with Gasteiger partial charge in [-0.1, -0.05) is 65.3 Å². The molecule has 2 heterocycles. The van der Waals surface area contributed by atoms with E-state index in [1.165, 1.54) is 22.9 Å². The van der Waals surface area contributed by atoms with Gasteiger partial charge in [-0.05, 0) is 48.8 Å². The zero-order valence-corrected chi connectivity index (χ0v) is 20.5. The molecule has 0 radical (unpaired) electrons. The van der Waals surface area contributed by atoms with Crippen LogP contribution in [0.5, 0.6) is 5.75 Å². The number of rotatable bonds is 7. The largest absolute Gasteiger partial charge is 0.493 e. The molecular weight excluding hydrogens is 472 g/mol. The number of aromatic nitrogens is 2. The number of fused-ring (bicyclic) bond motifs is 1. The second-order valence-electron chi connectivity index (χ2n) is 8.10. The number of nitrogens with two attached hydrogens (primary N) is 1. The van der Waals surface area contributed by atoms with E-state index in [4.69, 9.17) is 22.1 Å². The van der Waals surface area contributed by atoms with Crippen molar-refractivity contribution >= 4 is 35.2 Å². The van der Waals surface area contributed by atoms with Crippen LogP contribution in [0.25, 0.3) is 0 Å². The first-order chi connectivity index (χ1) is 16.4. The van der Waals surface area contributed by atoms with Gasteiger partial charge in [0, 0.05) is 6.54 Å². The minimum Gasteiger partial charge on any atom is -0.493 e. The lowest BCUT2D eigenvalue weighted by molar-refractivity contribution is -0.122. The van der Waals surface area contributed by atoms with Crippen LogP contribution in [0.1, 0.15) is 45.2 Å². The Morgan fingerprint density at radius 1 is 1.24 bits per heavy atom. The lowest BCUT2D eigenvalue weighted by Crippen LogP contribution is -2.42. The SMILES string of the molecule is CSc1ncc(Cl)c(C(=O)N(Cc2ccc(C)cc2)C(C(N)=O)c2ccc3c(c2)OCCC3)n1. The van der Waals surface area contributed by atoms with Crippen molar-refractivity contribution in [3.8, 4) is 5.75 Å². The Bertz CT molecular complexity index is 1220. The Morgan fingerprint density at radius 2 is 2.00 bits per heavy atom. The first-order valence-electron chi connectivity index (χ1n) is 10.9. The van der Waals surface area contributed by atoms with Crippen molar-refractivity contribution in [2.24, 2.45) is 5.73 Å². The molecule has 34 heavy (non-hydrogen) atoms. The first kappa shape index (κ1) is 24.0. The van der Waals surface area contributed by atoms with Crippen LogP contribution < -0.4 is 10.5 Å². The Morgan fingerprint density at radius 3 is 2.71 bits per heavy atom. The van der Waals surface area contributed by atoms with Crippen molar-refractivity contribution in [1.82, 2.24) is 14.9 Å². The molecule has 0 saturated heterocycles. The summed E-state index contributed by atoms with van der Waals surface area (Å²) in [6, 6.07) is 12.2. The van der Waals surface area contributed by atoms with E-state index in [1.54, 1.807) is 12.3 Å². The number of hydrogen-bond acceptors (Lipinski definition) is 6. The number of carbonyl (C=O) groups is 2. The van der Waals surface area contributed by atoms with Crippen molar-refractivity contribution in [1.29, 1.82) is 0 Å². The summed E-state index contributed by atoms with van der Waals surface area (Å²) >= 11 is 7.62. The molecule has 7 nitrogen and oxygen atoms in total. The monoisotopic (exact) mass is 496 g/mol. The standard InChI is InChI=1S/C25H25ClN4O3S/c1-15-5-7-16(8-6-15)14-30(24(32)21-19(26)13-28-25(29-21)34-2)22(23(27)31)18-10-9-17-4-3-11-33-20(17)12-18/h5-10,12-13,22H,3-4,11,14H2,1-2H3,(H2,27,31). The Balaban J connectivity index is 1.80. The highest BCUT2D eigenvalue weighted by Crippen LogP contribution is 2.32. The molecule has 0 spiro atoms. The van der Waals surface area contributed by atoms with Crippen LogP contribution in [0.4, 0.5) is 0 Å². The number of nitrogens with zero attached hydrogens (tertiary/aromatic N) is 3. The molecule has 4 rings (SSSR count). The molecule has 1 unspecified atom stereocenters. The van der Waals surface area contributed by atoms with Gasteiger partial charge in [0.05, 0.1) is 17.8 Å². The fraction of sp³-hybridized carbons (Fsp3) is 0.280. The molecule has 0 saturated carbocycles. The van der Waals surface area contributed by atoms with E-state index >= 15 is 0 Å². The van der Waals surface area contributed by atoms with Crippen molar-refractivity contribution in [3.63, 3.8) is 0 Å². The van der Waals surface area contributed by atoms with Gasteiger partial charge < -0.3 is 15.4 Å². The maximum atomic E-state index is 13.8. The summed E-state index contributed by atoms with van der Waals surface area (Å²) in [6.45, 7) is 2.73. The minimum atomic E-state index is -1.05. The average Bonchev–Trinajstić information content (AvgIpc) is 2.84. The third-order valence-electron chi connectivity index (χ3n) is 5.68. The molecule has 0 aliphatic carbocycles. The van der Waals surface area contributed by atoms with Crippen LogP contribution in [0.3, 0.4) is 0 Å². The third kappa shape index (κ3) is 5.18. The molecule has 176 valence electrons. The number of carbonyl (C=O) groups excluding carboxylic acids is 2. The molecule has 1 atom stereocenters. The molecule has 2 N–H and O–H groups in total. The normalized spacial score (nSPS) is 13.5. The molecule has 1 aliphatic heterocycles. The summed E-state index contributed by atoms with van der Waals surface area (Å²) in [5.41, 5.74) is 9.48. The molecule has 0 bridgehead atoms. The first-order valence-corrected chi connectivity index (χ1v) is 12.5. The van der Waals surface area contributed by atoms with Gasteiger partial charge in [0.15, 0.2) is 10.9 Å². The van der Waals surface area contributed by atoms with Gasteiger partial charge in [0.2, 0.25) is 5.91 Å². The summed E-state index contributed by atoms with van der Waals surface area (Å²) in [6.07, 6.45) is 5.04. The predicted molar refractivity (Wildman–Crippen MR) is 132 cm³/mol. The second-order valence-corrected chi connectivity index (χ2v) is 9.28. The van der Waals surface area contributed by atoms with E-state index in [0.717, 1.165) is 29.5 Å². The van der Waals surface area contributed by atoms with E-state index in [-0.39, 0.29) is 17.3 Å². The zero-order valence-electron chi connectivity index (χ0n) is 19.0. The van der Waals surface area contributed by atoms with E-state index in [0.29, 0.717) is 23.1 Å². The highest BCUT2D eigenvalue weighted by Gasteiger charge is 2.33. The van der Waals surface area contributed by atoms with Gasteiger partial charge in [0.1, 0.15) is 11.8 Å². The maximum Gasteiger partial charge on any atom is 0.275 e. The van der Waals surface area contributed by atoms with E-state index in [2.05, 4.69) is 9.97 Å². The summed E-state index contributed by atoms with van der Waals surface area (Å²) in [4.78, 5) is 36.5. The fourth-order valence-corrected chi connectivity index (χ4v) is 4.44. The van der Waals surface area contributed by atoms with Gasteiger partial charge in [-0.2, -0.15) is 0 Å². The average molecular weight is 497 g/mol. The molecule has 9 heteroatoms. The summed E-state index contributed by atoms with van der Waals surface area (Å²) in [5, 5.41) is 0.509. The van der Waals surface area contributed by atoms with Gasteiger partial charge in [0.25, 0.3) is 5.91 Å². The van der Waals surface area contributed by atoms with Crippen molar-refractivity contribution in [2.45, 2.75) is 37.5 Å². The molecule has 2 amide bonds. The molecular formula is C25H25ClN4O3S. The summed E-state index contributed by atoms with van der Waals surface area (Å²) < 4.78 is 5.80. The number of halogens is 1. The van der Waals surface area contributed by atoms with Crippen LogP contribution in [0.2, 0.25) is 5.02 Å². The Kier molecular flexibility index (Phi) is 7.38. The lowest BCUT2D eigenvalue weighted by Gasteiger charge is -2.31. The summed E-state index contributed by atoms with van der Waals surface area (Å²) in [7, 11) is 0. The van der Waals surface area contributed by atoms with Crippen molar-refractivity contribution in [3.05, 3.63) is 81.6 Å². The van der Waals surface area contributed by atoms with Crippen molar-refractivity contribution in [2.75, 3.05) is 12.9 Å². The van der Waals surface area contributed by atoms with Gasteiger partial charge in [-0.25, -0.2) is 9.97 Å². The van der Waals surface area contributed by atoms with E-state index in [1.807, 2.05) is 43.3 Å². The molecule has 3 aromatic rings. The predicted octanol–water partition coefficient (Wildman–Crippen LogP) is 4.35. The van der Waals surface area contributed by atoms with E-state index in [9.17, 15) is 9.59 Å². The molecule has 1 aromatic heterocycles. The van der Waals surface area contributed by atoms with Gasteiger partial charge in [-0.15, -0.1) is 0 Å². The molecule has 0 fully saturated rings. The van der Waals surface area contributed by atoms with Gasteiger partial charge in [-0.3, -0.25) is 9.59 Å². The number of hydrogen-bond donors (Lipinski definition) is 1. The minimum absolute atomic E-state index is 0.0218. The maximum absolute atomic E-state index is 13.8. The number of amides is 2. The number of ether oxygens (including phenoxy) is 1. The topological polar surface area (TPSA) is 98.4 Å². The van der Waals surface area contributed by atoms with E-state index < -0.39 is 17.9 Å².